The van der Waals surface area contributed by atoms with E-state index in [1.54, 1.807) is 0 Å². The van der Waals surface area contributed by atoms with Crippen LogP contribution in [0.3, 0.4) is 0 Å². The highest BCUT2D eigenvalue weighted by molar-refractivity contribution is 7.92. The summed E-state index contributed by atoms with van der Waals surface area (Å²) in [6, 6.07) is 10.0. The first kappa shape index (κ1) is 17.4. The van der Waals surface area contributed by atoms with Crippen molar-refractivity contribution in [1.29, 1.82) is 0 Å². The molecule has 2 rings (SSSR count). The maximum Gasteiger partial charge on any atom is 0.261 e. The molecule has 0 heterocycles. The molecule has 2 amide bonds. The lowest BCUT2D eigenvalue weighted by molar-refractivity contribution is -0.117. The normalized spacial score (nSPS) is 10.9. The van der Waals surface area contributed by atoms with Crippen molar-refractivity contribution in [2.24, 2.45) is 5.73 Å². The zero-order chi connectivity index (χ0) is 17.7. The van der Waals surface area contributed by atoms with Gasteiger partial charge in [0, 0.05) is 11.3 Å². The molecule has 0 saturated heterocycles. The van der Waals surface area contributed by atoms with Crippen LogP contribution in [0.2, 0.25) is 0 Å². The van der Waals surface area contributed by atoms with Crippen molar-refractivity contribution in [1.82, 2.24) is 5.32 Å². The van der Waals surface area contributed by atoms with E-state index in [0.717, 1.165) is 18.2 Å². The summed E-state index contributed by atoms with van der Waals surface area (Å²) < 4.78 is 39.8. The second kappa shape index (κ2) is 7.09. The number of benzene rings is 2. The predicted octanol–water partition coefficient (Wildman–Crippen LogP) is 0.842. The van der Waals surface area contributed by atoms with Gasteiger partial charge in [-0.15, -0.1) is 0 Å². The molecule has 0 fully saturated rings. The third kappa shape index (κ3) is 4.53. The van der Waals surface area contributed by atoms with Crippen molar-refractivity contribution in [3.8, 4) is 0 Å². The van der Waals surface area contributed by atoms with Crippen molar-refractivity contribution in [2.75, 3.05) is 11.3 Å². The minimum atomic E-state index is -3.96. The Kier molecular flexibility index (Phi) is 5.14. The Morgan fingerprint density at radius 2 is 1.75 bits per heavy atom. The fourth-order valence-corrected chi connectivity index (χ4v) is 2.91. The van der Waals surface area contributed by atoms with Gasteiger partial charge in [0.05, 0.1) is 11.4 Å². The fraction of sp³-hybridized carbons (Fsp3) is 0.0667. The SMILES string of the molecule is NC(=O)CNC(=O)c1cccc(S(=O)(=O)Nc2ccc(F)cc2)c1. The lowest BCUT2D eigenvalue weighted by Crippen LogP contribution is -2.33. The summed E-state index contributed by atoms with van der Waals surface area (Å²) in [7, 11) is -3.96. The maximum absolute atomic E-state index is 12.9. The minimum absolute atomic E-state index is 0.0539. The second-order valence-electron chi connectivity index (χ2n) is 4.79. The quantitative estimate of drug-likeness (QED) is 0.714. The second-order valence-corrected chi connectivity index (χ2v) is 6.47. The smallest absolute Gasteiger partial charge is 0.261 e. The van der Waals surface area contributed by atoms with E-state index in [4.69, 9.17) is 5.73 Å². The number of anilines is 1. The van der Waals surface area contributed by atoms with Crippen LogP contribution < -0.4 is 15.8 Å². The Labute approximate surface area is 137 Å². The molecular weight excluding hydrogens is 337 g/mol. The van der Waals surface area contributed by atoms with E-state index in [2.05, 4.69) is 10.0 Å². The van der Waals surface area contributed by atoms with E-state index < -0.39 is 27.7 Å². The number of carbonyl (C=O) groups excluding carboxylic acids is 2. The van der Waals surface area contributed by atoms with Crippen molar-refractivity contribution in [3.05, 3.63) is 59.9 Å². The monoisotopic (exact) mass is 351 g/mol. The summed E-state index contributed by atoms with van der Waals surface area (Å²) >= 11 is 0. The molecule has 2 aromatic carbocycles. The lowest BCUT2D eigenvalue weighted by atomic mass is 10.2. The van der Waals surface area contributed by atoms with E-state index in [9.17, 15) is 22.4 Å². The topological polar surface area (TPSA) is 118 Å². The van der Waals surface area contributed by atoms with E-state index in [1.165, 1.54) is 30.3 Å². The number of amides is 2. The molecule has 0 unspecified atom stereocenters. The van der Waals surface area contributed by atoms with E-state index >= 15 is 0 Å². The van der Waals surface area contributed by atoms with Gasteiger partial charge in [0.2, 0.25) is 5.91 Å². The van der Waals surface area contributed by atoms with E-state index in [0.29, 0.717) is 0 Å². The van der Waals surface area contributed by atoms with Crippen LogP contribution in [-0.4, -0.2) is 26.8 Å². The lowest BCUT2D eigenvalue weighted by Gasteiger charge is -2.09. The Bertz CT molecular complexity index is 867. The Morgan fingerprint density at radius 1 is 1.08 bits per heavy atom. The average Bonchev–Trinajstić information content (AvgIpc) is 2.54. The zero-order valence-corrected chi connectivity index (χ0v) is 13.1. The van der Waals surface area contributed by atoms with Gasteiger partial charge in [-0.3, -0.25) is 14.3 Å². The highest BCUT2D eigenvalue weighted by Crippen LogP contribution is 2.17. The highest BCUT2D eigenvalue weighted by atomic mass is 32.2. The number of carbonyl (C=O) groups is 2. The van der Waals surface area contributed by atoms with Crippen molar-refractivity contribution in [3.63, 3.8) is 0 Å². The number of rotatable bonds is 6. The third-order valence-corrected chi connectivity index (χ3v) is 4.31. The number of nitrogens with one attached hydrogen (secondary N) is 2. The molecule has 4 N–H and O–H groups in total. The van der Waals surface area contributed by atoms with Crippen LogP contribution in [0.25, 0.3) is 0 Å². The molecule has 0 saturated carbocycles. The summed E-state index contributed by atoms with van der Waals surface area (Å²) in [5.74, 6) is -1.84. The molecule has 2 aromatic rings. The van der Waals surface area contributed by atoms with Gasteiger partial charge in [-0.05, 0) is 42.5 Å². The number of primary amides is 1. The Balaban J connectivity index is 2.21. The highest BCUT2D eigenvalue weighted by Gasteiger charge is 2.16. The van der Waals surface area contributed by atoms with Gasteiger partial charge in [0.1, 0.15) is 5.82 Å². The van der Waals surface area contributed by atoms with Gasteiger partial charge in [-0.1, -0.05) is 6.07 Å². The number of hydrogen-bond donors (Lipinski definition) is 3. The molecule has 7 nitrogen and oxygen atoms in total. The molecule has 126 valence electrons. The van der Waals surface area contributed by atoms with Gasteiger partial charge >= 0.3 is 0 Å². The van der Waals surface area contributed by atoms with Crippen molar-refractivity contribution < 1.29 is 22.4 Å². The summed E-state index contributed by atoms with van der Waals surface area (Å²) in [5.41, 5.74) is 5.16. The Hall–Kier alpha value is -2.94. The average molecular weight is 351 g/mol. The molecule has 0 aliphatic rings. The van der Waals surface area contributed by atoms with Crippen LogP contribution in [-0.2, 0) is 14.8 Å². The minimum Gasteiger partial charge on any atom is -0.368 e. The Morgan fingerprint density at radius 3 is 2.38 bits per heavy atom. The van der Waals surface area contributed by atoms with Gasteiger partial charge in [0.15, 0.2) is 0 Å². The molecule has 24 heavy (non-hydrogen) atoms. The summed E-state index contributed by atoms with van der Waals surface area (Å²) in [5, 5.41) is 2.26. The summed E-state index contributed by atoms with van der Waals surface area (Å²) in [6.07, 6.45) is 0. The summed E-state index contributed by atoms with van der Waals surface area (Å²) in [4.78, 5) is 22.4. The van der Waals surface area contributed by atoms with Crippen LogP contribution >= 0.6 is 0 Å². The predicted molar refractivity (Wildman–Crippen MR) is 85.2 cm³/mol. The van der Waals surface area contributed by atoms with Crippen molar-refractivity contribution >= 4 is 27.5 Å². The molecule has 0 aromatic heterocycles. The van der Waals surface area contributed by atoms with E-state index in [1.807, 2.05) is 0 Å². The van der Waals surface area contributed by atoms with Gasteiger partial charge in [0.25, 0.3) is 15.9 Å². The van der Waals surface area contributed by atoms with Crippen LogP contribution in [0.4, 0.5) is 10.1 Å². The molecule has 0 bridgehead atoms. The zero-order valence-electron chi connectivity index (χ0n) is 12.3. The number of hydrogen-bond acceptors (Lipinski definition) is 4. The first-order valence-corrected chi connectivity index (χ1v) is 8.21. The maximum atomic E-state index is 12.9. The van der Waals surface area contributed by atoms with Crippen LogP contribution in [0.5, 0.6) is 0 Å². The van der Waals surface area contributed by atoms with Crippen LogP contribution in [0.15, 0.2) is 53.4 Å². The number of sulfonamides is 1. The van der Waals surface area contributed by atoms with E-state index in [-0.39, 0.29) is 22.7 Å². The van der Waals surface area contributed by atoms with Gasteiger partial charge in [-0.25, -0.2) is 12.8 Å². The molecular formula is C15H14FN3O4S. The molecule has 9 heteroatoms. The number of nitrogens with two attached hydrogens (primary N) is 1. The first-order valence-electron chi connectivity index (χ1n) is 6.73. The van der Waals surface area contributed by atoms with Crippen LogP contribution in [0.1, 0.15) is 10.4 Å². The summed E-state index contributed by atoms with van der Waals surface area (Å²) in [6.45, 7) is -0.357. The number of halogens is 1. The molecule has 0 spiro atoms. The fourth-order valence-electron chi connectivity index (χ4n) is 1.81. The van der Waals surface area contributed by atoms with Gasteiger partial charge < -0.3 is 11.1 Å². The van der Waals surface area contributed by atoms with Crippen LogP contribution in [0, 0.1) is 5.82 Å². The molecule has 0 atom stereocenters. The molecule has 0 aliphatic heterocycles. The van der Waals surface area contributed by atoms with Crippen molar-refractivity contribution in [2.45, 2.75) is 4.90 Å². The van der Waals surface area contributed by atoms with Gasteiger partial charge in [-0.2, -0.15) is 0 Å². The first-order chi connectivity index (χ1) is 11.3. The standard InChI is InChI=1S/C15H14FN3O4S/c16-11-4-6-12(7-5-11)19-24(22,23)13-3-1-2-10(8-13)15(21)18-9-14(17)20/h1-8,19H,9H2,(H2,17,20)(H,18,21). The molecule has 0 radical (unpaired) electrons. The largest absolute Gasteiger partial charge is 0.368 e. The third-order valence-electron chi connectivity index (χ3n) is 2.93. The molecule has 0 aliphatic carbocycles.